The van der Waals surface area contributed by atoms with Crippen molar-refractivity contribution in [1.82, 2.24) is 10.3 Å². The van der Waals surface area contributed by atoms with Crippen LogP contribution < -0.4 is 5.32 Å². The minimum absolute atomic E-state index is 0.00553. The summed E-state index contributed by atoms with van der Waals surface area (Å²) in [5.74, 6) is 0.896. The van der Waals surface area contributed by atoms with Crippen LogP contribution in [-0.2, 0) is 0 Å². The number of halogens is 1. The lowest BCUT2D eigenvalue weighted by Crippen LogP contribution is -2.22. The molecule has 0 saturated heterocycles. The highest BCUT2D eigenvalue weighted by Crippen LogP contribution is 2.33. The Morgan fingerprint density at radius 1 is 1.29 bits per heavy atom. The molecule has 4 heteroatoms. The van der Waals surface area contributed by atoms with Crippen LogP contribution in [0.25, 0.3) is 10.9 Å². The Balaban J connectivity index is 2.22. The second-order valence-corrected chi connectivity index (χ2v) is 5.85. The number of rotatable bonds is 4. The minimum atomic E-state index is 0.00553. The number of hydrogen-bond donors (Lipinski definition) is 1. The molecule has 0 saturated carbocycles. The first-order valence-electron chi connectivity index (χ1n) is 7.03. The summed E-state index contributed by atoms with van der Waals surface area (Å²) in [4.78, 5) is 4.61. The number of nitrogens with zero attached hydrogens (tertiary/aromatic N) is 1. The van der Waals surface area contributed by atoms with Crippen molar-refractivity contribution in [3.63, 3.8) is 0 Å². The van der Waals surface area contributed by atoms with Gasteiger partial charge in [-0.15, -0.1) is 0 Å². The molecule has 21 heavy (non-hydrogen) atoms. The normalized spacial score (nSPS) is 12.7. The lowest BCUT2D eigenvalue weighted by molar-refractivity contribution is 0.451. The Morgan fingerprint density at radius 3 is 2.81 bits per heavy atom. The molecule has 1 N–H and O–H groups in total. The predicted molar refractivity (Wildman–Crippen MR) is 88.4 cm³/mol. The molecule has 1 unspecified atom stereocenters. The Hall–Kier alpha value is -1.65. The summed E-state index contributed by atoms with van der Waals surface area (Å²) in [6.45, 7) is 4.98. The third-order valence-corrected chi connectivity index (χ3v) is 4.16. The predicted octanol–water partition coefficient (Wildman–Crippen LogP) is 4.60. The average molecular weight is 345 g/mol. The van der Waals surface area contributed by atoms with Crippen molar-refractivity contribution in [3.05, 3.63) is 64.2 Å². The van der Waals surface area contributed by atoms with Gasteiger partial charge in [-0.25, -0.2) is 0 Å². The first-order chi connectivity index (χ1) is 10.2. The van der Waals surface area contributed by atoms with Gasteiger partial charge in [0.2, 0.25) is 0 Å². The van der Waals surface area contributed by atoms with Gasteiger partial charge < -0.3 is 9.73 Å². The third kappa shape index (κ3) is 2.74. The second kappa shape index (κ2) is 6.00. The van der Waals surface area contributed by atoms with Crippen LogP contribution in [0.1, 0.15) is 30.0 Å². The Kier molecular flexibility index (Phi) is 4.08. The summed E-state index contributed by atoms with van der Waals surface area (Å²) < 4.78 is 6.67. The maximum atomic E-state index is 5.69. The smallest absolute Gasteiger partial charge is 0.139 e. The van der Waals surface area contributed by atoms with Crippen molar-refractivity contribution in [3.8, 4) is 0 Å². The largest absolute Gasteiger partial charge is 0.466 e. The Labute approximate surface area is 132 Å². The topological polar surface area (TPSA) is 38.1 Å². The summed E-state index contributed by atoms with van der Waals surface area (Å²) in [6.07, 6.45) is 1.71. The zero-order valence-corrected chi connectivity index (χ0v) is 13.6. The molecule has 2 heterocycles. The lowest BCUT2D eigenvalue weighted by atomic mass is 9.99. The molecule has 3 nitrogen and oxygen atoms in total. The molecule has 0 amide bonds. The van der Waals surface area contributed by atoms with E-state index in [0.29, 0.717) is 0 Å². The van der Waals surface area contributed by atoms with Gasteiger partial charge in [-0.3, -0.25) is 4.98 Å². The molecule has 0 bridgehead atoms. The molecule has 2 aromatic heterocycles. The van der Waals surface area contributed by atoms with Gasteiger partial charge in [0.05, 0.1) is 22.3 Å². The molecule has 0 aliphatic carbocycles. The first kappa shape index (κ1) is 14.3. The first-order valence-corrected chi connectivity index (χ1v) is 7.82. The summed E-state index contributed by atoms with van der Waals surface area (Å²) in [7, 11) is 0. The van der Waals surface area contributed by atoms with Gasteiger partial charge >= 0.3 is 0 Å². The highest BCUT2D eigenvalue weighted by Gasteiger charge is 2.21. The number of furan rings is 1. The summed E-state index contributed by atoms with van der Waals surface area (Å²) >= 11 is 3.57. The van der Waals surface area contributed by atoms with E-state index >= 15 is 0 Å². The van der Waals surface area contributed by atoms with E-state index in [2.05, 4.69) is 45.3 Å². The van der Waals surface area contributed by atoms with E-state index in [9.17, 15) is 0 Å². The zero-order valence-electron chi connectivity index (χ0n) is 12.1. The monoisotopic (exact) mass is 344 g/mol. The molecule has 108 valence electrons. The van der Waals surface area contributed by atoms with Crippen LogP contribution in [0.2, 0.25) is 0 Å². The molecule has 3 rings (SSSR count). The van der Waals surface area contributed by atoms with Gasteiger partial charge in [0.15, 0.2) is 0 Å². The van der Waals surface area contributed by atoms with Crippen molar-refractivity contribution in [2.75, 3.05) is 6.54 Å². The molecule has 0 aliphatic rings. The Morgan fingerprint density at radius 2 is 2.10 bits per heavy atom. The molecule has 0 aliphatic heterocycles. The van der Waals surface area contributed by atoms with Gasteiger partial charge in [-0.1, -0.05) is 25.1 Å². The number of fused-ring (bicyclic) bond motifs is 1. The Bertz CT molecular complexity index is 766. The van der Waals surface area contributed by atoms with Crippen molar-refractivity contribution in [1.29, 1.82) is 0 Å². The summed E-state index contributed by atoms with van der Waals surface area (Å²) in [6, 6.07) is 12.3. The van der Waals surface area contributed by atoms with Crippen molar-refractivity contribution in [2.45, 2.75) is 19.9 Å². The number of para-hydroxylation sites is 1. The SMILES string of the molecule is CCNC(c1occc1Br)c1cc(C)nc2ccccc12. The number of nitrogens with one attached hydrogen (secondary N) is 1. The summed E-state index contributed by atoms with van der Waals surface area (Å²) in [5.41, 5.74) is 3.21. The van der Waals surface area contributed by atoms with E-state index in [0.717, 1.165) is 33.4 Å². The van der Waals surface area contributed by atoms with E-state index in [-0.39, 0.29) is 6.04 Å². The molecule has 3 aromatic rings. The standard InChI is InChI=1S/C17H17BrN2O/c1-3-19-16(17-14(18)8-9-21-17)13-10-11(2)20-15-7-5-4-6-12(13)15/h4-10,16,19H,3H2,1-2H3. The molecule has 1 atom stereocenters. The third-order valence-electron chi connectivity index (χ3n) is 3.50. The maximum absolute atomic E-state index is 5.69. The molecule has 0 fully saturated rings. The van der Waals surface area contributed by atoms with E-state index < -0.39 is 0 Å². The minimum Gasteiger partial charge on any atom is -0.466 e. The van der Waals surface area contributed by atoms with Crippen LogP contribution in [0, 0.1) is 6.92 Å². The van der Waals surface area contributed by atoms with Crippen LogP contribution in [0.4, 0.5) is 0 Å². The second-order valence-electron chi connectivity index (χ2n) is 4.99. The van der Waals surface area contributed by atoms with Gasteiger partial charge in [0.1, 0.15) is 5.76 Å². The molecular formula is C17H17BrN2O. The lowest BCUT2D eigenvalue weighted by Gasteiger charge is -2.19. The number of aromatic nitrogens is 1. The number of benzene rings is 1. The molecular weight excluding hydrogens is 328 g/mol. The highest BCUT2D eigenvalue weighted by molar-refractivity contribution is 9.10. The van der Waals surface area contributed by atoms with Gasteiger partial charge in [-0.2, -0.15) is 0 Å². The van der Waals surface area contributed by atoms with Crippen molar-refractivity contribution >= 4 is 26.8 Å². The van der Waals surface area contributed by atoms with Crippen molar-refractivity contribution < 1.29 is 4.42 Å². The van der Waals surface area contributed by atoms with Gasteiger partial charge in [0, 0.05) is 11.1 Å². The molecule has 0 radical (unpaired) electrons. The quantitative estimate of drug-likeness (QED) is 0.751. The molecule has 1 aromatic carbocycles. The fraction of sp³-hybridized carbons (Fsp3) is 0.235. The van der Waals surface area contributed by atoms with Crippen LogP contribution in [0.5, 0.6) is 0 Å². The fourth-order valence-electron chi connectivity index (χ4n) is 2.64. The number of aryl methyl sites for hydroxylation is 1. The van der Waals surface area contributed by atoms with Gasteiger partial charge in [-0.05, 0) is 53.2 Å². The van der Waals surface area contributed by atoms with Crippen LogP contribution in [0.15, 0.2) is 51.6 Å². The summed E-state index contributed by atoms with van der Waals surface area (Å²) in [5, 5.41) is 4.66. The number of hydrogen-bond acceptors (Lipinski definition) is 3. The van der Waals surface area contributed by atoms with E-state index in [1.807, 2.05) is 31.2 Å². The molecule has 0 spiro atoms. The maximum Gasteiger partial charge on any atom is 0.139 e. The van der Waals surface area contributed by atoms with E-state index in [1.54, 1.807) is 6.26 Å². The fourth-order valence-corrected chi connectivity index (χ4v) is 3.07. The highest BCUT2D eigenvalue weighted by atomic mass is 79.9. The van der Waals surface area contributed by atoms with Crippen LogP contribution >= 0.6 is 15.9 Å². The average Bonchev–Trinajstić information content (AvgIpc) is 2.90. The van der Waals surface area contributed by atoms with Crippen LogP contribution in [-0.4, -0.2) is 11.5 Å². The van der Waals surface area contributed by atoms with Crippen LogP contribution in [0.3, 0.4) is 0 Å². The van der Waals surface area contributed by atoms with Crippen molar-refractivity contribution in [2.24, 2.45) is 0 Å². The van der Waals surface area contributed by atoms with Gasteiger partial charge in [0.25, 0.3) is 0 Å². The number of pyridine rings is 1. The zero-order chi connectivity index (χ0) is 14.8. The van der Waals surface area contributed by atoms with E-state index in [1.165, 1.54) is 5.56 Å². The van der Waals surface area contributed by atoms with E-state index in [4.69, 9.17) is 4.42 Å².